The topological polar surface area (TPSA) is 29.9 Å². The van der Waals surface area contributed by atoms with Gasteiger partial charge in [0.1, 0.15) is 0 Å². The number of hydrogen-bond acceptors (Lipinski definition) is 2. The molecule has 102 valence electrons. The Bertz CT molecular complexity index is 358. The molecular formula is C15H27N3. The molecule has 1 saturated carbocycles. The molecule has 0 spiro atoms. The van der Waals surface area contributed by atoms with E-state index in [4.69, 9.17) is 0 Å². The molecule has 1 fully saturated rings. The second-order valence-corrected chi connectivity index (χ2v) is 5.77. The van der Waals surface area contributed by atoms with Crippen molar-refractivity contribution >= 4 is 0 Å². The van der Waals surface area contributed by atoms with E-state index in [0.717, 1.165) is 18.4 Å². The van der Waals surface area contributed by atoms with E-state index in [2.05, 4.69) is 42.2 Å². The monoisotopic (exact) mass is 249 g/mol. The minimum Gasteiger partial charge on any atom is -0.319 e. The number of rotatable bonds is 5. The lowest BCUT2D eigenvalue weighted by Crippen LogP contribution is -2.31. The predicted octanol–water partition coefficient (Wildman–Crippen LogP) is 2.94. The van der Waals surface area contributed by atoms with Gasteiger partial charge in [0.05, 0.1) is 0 Å². The Hall–Kier alpha value is -0.830. The molecular weight excluding hydrogens is 222 g/mol. The highest BCUT2D eigenvalue weighted by atomic mass is 15.3. The van der Waals surface area contributed by atoms with Gasteiger partial charge in [-0.15, -0.1) is 0 Å². The first-order valence-corrected chi connectivity index (χ1v) is 7.38. The lowest BCUT2D eigenvalue weighted by molar-refractivity contribution is 0.216. The summed E-state index contributed by atoms with van der Waals surface area (Å²) in [5.41, 5.74) is 1.43. The fraction of sp³-hybridized carbons (Fsp3) is 0.800. The van der Waals surface area contributed by atoms with Crippen molar-refractivity contribution in [3.63, 3.8) is 0 Å². The fourth-order valence-corrected chi connectivity index (χ4v) is 3.61. The molecule has 1 aliphatic rings. The Morgan fingerprint density at radius 1 is 1.44 bits per heavy atom. The van der Waals surface area contributed by atoms with Gasteiger partial charge in [-0.25, -0.2) is 0 Å². The minimum absolute atomic E-state index is 0.690. The summed E-state index contributed by atoms with van der Waals surface area (Å²) < 4.78 is 2.07. The third-order valence-corrected chi connectivity index (χ3v) is 4.50. The van der Waals surface area contributed by atoms with E-state index in [1.807, 2.05) is 6.20 Å². The third kappa shape index (κ3) is 2.94. The van der Waals surface area contributed by atoms with Crippen LogP contribution in [-0.2, 0) is 7.05 Å². The maximum Gasteiger partial charge on any atom is 0.0492 e. The van der Waals surface area contributed by atoms with Crippen LogP contribution in [0.25, 0.3) is 0 Å². The molecule has 0 aliphatic heterocycles. The summed E-state index contributed by atoms with van der Waals surface area (Å²) in [5, 5.41) is 7.72. The molecule has 1 aromatic rings. The molecule has 0 amide bonds. The van der Waals surface area contributed by atoms with Gasteiger partial charge in [-0.2, -0.15) is 5.10 Å². The van der Waals surface area contributed by atoms with Crippen LogP contribution in [-0.4, -0.2) is 23.4 Å². The molecule has 1 aliphatic carbocycles. The van der Waals surface area contributed by atoms with E-state index in [0.29, 0.717) is 5.92 Å². The Morgan fingerprint density at radius 3 is 2.89 bits per heavy atom. The average molecular weight is 249 g/mol. The van der Waals surface area contributed by atoms with Crippen molar-refractivity contribution in [3.8, 4) is 0 Å². The largest absolute Gasteiger partial charge is 0.319 e. The lowest BCUT2D eigenvalue weighted by atomic mass is 9.71. The maximum absolute atomic E-state index is 4.35. The summed E-state index contributed by atoms with van der Waals surface area (Å²) in [4.78, 5) is 0. The van der Waals surface area contributed by atoms with Gasteiger partial charge in [0.2, 0.25) is 0 Å². The van der Waals surface area contributed by atoms with Gasteiger partial charge in [-0.3, -0.25) is 4.68 Å². The van der Waals surface area contributed by atoms with Crippen molar-refractivity contribution in [2.75, 3.05) is 13.6 Å². The predicted molar refractivity (Wildman–Crippen MR) is 75.6 cm³/mol. The summed E-state index contributed by atoms with van der Waals surface area (Å²) >= 11 is 0. The highest BCUT2D eigenvalue weighted by Gasteiger charge is 2.32. The van der Waals surface area contributed by atoms with Crippen molar-refractivity contribution in [3.05, 3.63) is 18.0 Å². The number of aryl methyl sites for hydroxylation is 1. The quantitative estimate of drug-likeness (QED) is 0.869. The molecule has 18 heavy (non-hydrogen) atoms. The second kappa shape index (κ2) is 6.37. The summed E-state index contributed by atoms with van der Waals surface area (Å²) in [6.45, 7) is 3.44. The first-order valence-electron chi connectivity index (χ1n) is 7.38. The maximum atomic E-state index is 4.35. The molecule has 3 unspecified atom stereocenters. The van der Waals surface area contributed by atoms with Crippen LogP contribution >= 0.6 is 0 Å². The first kappa shape index (κ1) is 13.6. The molecule has 3 atom stereocenters. The van der Waals surface area contributed by atoms with Gasteiger partial charge < -0.3 is 5.32 Å². The van der Waals surface area contributed by atoms with E-state index in [1.54, 1.807) is 0 Å². The van der Waals surface area contributed by atoms with E-state index < -0.39 is 0 Å². The zero-order valence-electron chi connectivity index (χ0n) is 12.0. The van der Waals surface area contributed by atoms with Crippen molar-refractivity contribution < 1.29 is 0 Å². The van der Waals surface area contributed by atoms with Gasteiger partial charge in [0.15, 0.2) is 0 Å². The Balaban J connectivity index is 2.12. The van der Waals surface area contributed by atoms with Crippen molar-refractivity contribution in [1.82, 2.24) is 15.1 Å². The Morgan fingerprint density at radius 2 is 2.28 bits per heavy atom. The van der Waals surface area contributed by atoms with Crippen molar-refractivity contribution in [1.29, 1.82) is 0 Å². The third-order valence-electron chi connectivity index (χ3n) is 4.50. The van der Waals surface area contributed by atoms with Crippen LogP contribution < -0.4 is 5.32 Å². The van der Waals surface area contributed by atoms with Crippen molar-refractivity contribution in [2.45, 2.75) is 44.9 Å². The van der Waals surface area contributed by atoms with E-state index >= 15 is 0 Å². The molecule has 1 heterocycles. The molecule has 3 heteroatoms. The van der Waals surface area contributed by atoms with Crippen LogP contribution in [0.4, 0.5) is 0 Å². The second-order valence-electron chi connectivity index (χ2n) is 5.77. The normalized spacial score (nSPS) is 28.5. The van der Waals surface area contributed by atoms with Crippen LogP contribution in [0.3, 0.4) is 0 Å². The van der Waals surface area contributed by atoms with Gasteiger partial charge >= 0.3 is 0 Å². The number of hydrogen-bond donors (Lipinski definition) is 1. The minimum atomic E-state index is 0.690. The number of nitrogens with zero attached hydrogens (tertiary/aromatic N) is 2. The summed E-state index contributed by atoms with van der Waals surface area (Å²) in [6.07, 6.45) is 8.77. The molecule has 0 aromatic carbocycles. The van der Waals surface area contributed by atoms with E-state index in [9.17, 15) is 0 Å². The highest BCUT2D eigenvalue weighted by molar-refractivity contribution is 5.11. The molecule has 1 N–H and O–H groups in total. The zero-order valence-corrected chi connectivity index (χ0v) is 12.0. The van der Waals surface area contributed by atoms with Crippen LogP contribution in [0.5, 0.6) is 0 Å². The summed E-state index contributed by atoms with van der Waals surface area (Å²) in [5.74, 6) is 2.39. The standard InChI is InChI=1S/C15H27N3/c1-4-5-12-6-7-13(11-16-2)14(10-12)15-8-9-17-18(15)3/h8-9,12-14,16H,4-7,10-11H2,1-3H3. The van der Waals surface area contributed by atoms with Crippen LogP contribution in [0.2, 0.25) is 0 Å². The molecule has 3 nitrogen and oxygen atoms in total. The number of aromatic nitrogens is 2. The smallest absolute Gasteiger partial charge is 0.0492 e. The van der Waals surface area contributed by atoms with E-state index in [-0.39, 0.29) is 0 Å². The fourth-order valence-electron chi connectivity index (χ4n) is 3.61. The molecule has 0 bridgehead atoms. The molecule has 1 aromatic heterocycles. The van der Waals surface area contributed by atoms with Gasteiger partial charge in [-0.1, -0.05) is 26.2 Å². The molecule has 0 saturated heterocycles. The lowest BCUT2D eigenvalue weighted by Gasteiger charge is -2.36. The van der Waals surface area contributed by atoms with Gasteiger partial charge in [0.25, 0.3) is 0 Å². The van der Waals surface area contributed by atoms with Crippen LogP contribution in [0.1, 0.15) is 50.6 Å². The SMILES string of the molecule is CCCC1CCC(CNC)C(c2ccnn2C)C1. The Labute approximate surface area is 111 Å². The zero-order chi connectivity index (χ0) is 13.0. The number of nitrogens with one attached hydrogen (secondary N) is 1. The van der Waals surface area contributed by atoms with Gasteiger partial charge in [0, 0.05) is 24.9 Å². The molecule has 2 rings (SSSR count). The first-order chi connectivity index (χ1) is 8.76. The highest BCUT2D eigenvalue weighted by Crippen LogP contribution is 2.41. The summed E-state index contributed by atoms with van der Waals surface area (Å²) in [6, 6.07) is 2.21. The Kier molecular flexibility index (Phi) is 4.81. The van der Waals surface area contributed by atoms with Crippen LogP contribution in [0.15, 0.2) is 12.3 Å². The van der Waals surface area contributed by atoms with Gasteiger partial charge in [-0.05, 0) is 44.3 Å². The van der Waals surface area contributed by atoms with Crippen molar-refractivity contribution in [2.24, 2.45) is 18.9 Å². The summed E-state index contributed by atoms with van der Waals surface area (Å²) in [7, 11) is 4.15. The van der Waals surface area contributed by atoms with E-state index in [1.165, 1.54) is 37.8 Å². The average Bonchev–Trinajstić information content (AvgIpc) is 2.78. The molecule has 0 radical (unpaired) electrons. The van der Waals surface area contributed by atoms with Crippen LogP contribution in [0, 0.1) is 11.8 Å².